The number of carbonyl (C=O) groups is 1. The first-order chi connectivity index (χ1) is 11.6. The molecule has 2 amide bonds. The number of carbonyl (C=O) groups excluding carboxylic acids is 1. The Balaban J connectivity index is 1.52. The average Bonchev–Trinajstić information content (AvgIpc) is 2.57. The summed E-state index contributed by atoms with van der Waals surface area (Å²) in [6, 6.07) is 6.37. The second kappa shape index (κ2) is 5.85. The summed E-state index contributed by atoms with van der Waals surface area (Å²) >= 11 is 0. The largest absolute Gasteiger partial charge is 0.323 e. The van der Waals surface area contributed by atoms with Gasteiger partial charge in [0.1, 0.15) is 5.82 Å². The molecule has 2 aromatic heterocycles. The van der Waals surface area contributed by atoms with E-state index >= 15 is 0 Å². The minimum Gasteiger partial charge on any atom is -0.318 e. The van der Waals surface area contributed by atoms with Gasteiger partial charge in [0.25, 0.3) is 0 Å². The molecule has 2 saturated heterocycles. The summed E-state index contributed by atoms with van der Waals surface area (Å²) in [7, 11) is 0. The first-order valence-corrected chi connectivity index (χ1v) is 8.46. The third-order valence-electron chi connectivity index (χ3n) is 5.10. The fourth-order valence-corrected chi connectivity index (χ4v) is 3.97. The summed E-state index contributed by atoms with van der Waals surface area (Å²) in [5.74, 6) is 1.28. The van der Waals surface area contributed by atoms with E-state index in [4.69, 9.17) is 0 Å². The van der Waals surface area contributed by atoms with Crippen LogP contribution in [0.2, 0.25) is 0 Å². The number of pyridine rings is 1. The number of aryl methyl sites for hydroxylation is 1. The Labute approximate surface area is 141 Å². The van der Waals surface area contributed by atoms with Gasteiger partial charge in [-0.05, 0) is 55.9 Å². The topological polar surface area (TPSA) is 71.0 Å². The van der Waals surface area contributed by atoms with E-state index in [9.17, 15) is 4.79 Å². The van der Waals surface area contributed by atoms with Crippen LogP contribution in [0.4, 0.5) is 10.6 Å². The Hall–Kier alpha value is -2.50. The van der Waals surface area contributed by atoms with Crippen molar-refractivity contribution >= 4 is 11.8 Å². The van der Waals surface area contributed by atoms with Crippen molar-refractivity contribution in [1.82, 2.24) is 20.1 Å². The monoisotopic (exact) mass is 323 g/mol. The fourth-order valence-electron chi connectivity index (χ4n) is 3.97. The van der Waals surface area contributed by atoms with Crippen molar-refractivity contribution in [3.05, 3.63) is 36.2 Å². The highest BCUT2D eigenvalue weighted by molar-refractivity contribution is 5.90. The molecule has 24 heavy (non-hydrogen) atoms. The number of hydrogen-bond acceptors (Lipinski definition) is 4. The van der Waals surface area contributed by atoms with Gasteiger partial charge in [-0.1, -0.05) is 6.92 Å². The summed E-state index contributed by atoms with van der Waals surface area (Å²) in [5.41, 5.74) is 2.72. The molecular weight excluding hydrogens is 302 g/mol. The zero-order chi connectivity index (χ0) is 16.7. The van der Waals surface area contributed by atoms with E-state index in [2.05, 4.69) is 27.4 Å². The normalized spacial score (nSPS) is 25.1. The predicted molar refractivity (Wildman–Crippen MR) is 91.4 cm³/mol. The number of rotatable bonds is 2. The molecule has 2 fully saturated rings. The standard InChI is InChI=1S/C18H21N5O/c1-11-6-13-8-14(7-11)23(13)18(24)21-17-9-15(12(2)10-19-17)16-4-3-5-20-22-16/h3-5,9-11,13-14H,6-8H2,1-2H3,(H,19,21,24). The van der Waals surface area contributed by atoms with Gasteiger partial charge >= 0.3 is 6.03 Å². The van der Waals surface area contributed by atoms with Crippen molar-refractivity contribution in [2.24, 2.45) is 5.92 Å². The molecular formula is C18H21N5O. The molecule has 6 nitrogen and oxygen atoms in total. The number of nitrogens with one attached hydrogen (secondary N) is 1. The molecule has 2 aliphatic rings. The van der Waals surface area contributed by atoms with Crippen LogP contribution < -0.4 is 5.32 Å². The van der Waals surface area contributed by atoms with E-state index in [1.54, 1.807) is 12.4 Å². The van der Waals surface area contributed by atoms with Crippen LogP contribution in [0.15, 0.2) is 30.6 Å². The minimum absolute atomic E-state index is 0.0374. The van der Waals surface area contributed by atoms with Crippen molar-refractivity contribution in [3.8, 4) is 11.3 Å². The molecule has 124 valence electrons. The van der Waals surface area contributed by atoms with Gasteiger partial charge in [-0.2, -0.15) is 10.2 Å². The molecule has 2 aromatic rings. The van der Waals surface area contributed by atoms with Crippen LogP contribution in [0.1, 0.15) is 31.7 Å². The van der Waals surface area contributed by atoms with Crippen LogP contribution in [-0.4, -0.2) is 38.2 Å². The maximum Gasteiger partial charge on any atom is 0.323 e. The fraction of sp³-hybridized carbons (Fsp3) is 0.444. The molecule has 0 radical (unpaired) electrons. The number of anilines is 1. The van der Waals surface area contributed by atoms with Crippen LogP contribution in [0.5, 0.6) is 0 Å². The Kier molecular flexibility index (Phi) is 3.67. The van der Waals surface area contributed by atoms with Gasteiger partial charge in [-0.3, -0.25) is 5.32 Å². The number of amides is 2. The smallest absolute Gasteiger partial charge is 0.318 e. The van der Waals surface area contributed by atoms with Gasteiger partial charge in [0.05, 0.1) is 5.69 Å². The molecule has 2 unspecified atom stereocenters. The summed E-state index contributed by atoms with van der Waals surface area (Å²) in [6.45, 7) is 4.24. The van der Waals surface area contributed by atoms with Crippen molar-refractivity contribution in [2.75, 3.05) is 5.32 Å². The van der Waals surface area contributed by atoms with Crippen LogP contribution in [0.25, 0.3) is 11.3 Å². The number of fused-ring (bicyclic) bond motifs is 2. The van der Waals surface area contributed by atoms with E-state index in [1.807, 2.05) is 30.0 Å². The Bertz CT molecular complexity index is 751. The van der Waals surface area contributed by atoms with Crippen LogP contribution in [-0.2, 0) is 0 Å². The summed E-state index contributed by atoms with van der Waals surface area (Å²) in [6.07, 6.45) is 6.76. The third kappa shape index (κ3) is 2.62. The van der Waals surface area contributed by atoms with Crippen molar-refractivity contribution in [3.63, 3.8) is 0 Å². The van der Waals surface area contributed by atoms with E-state index in [0.29, 0.717) is 17.9 Å². The number of nitrogens with zero attached hydrogens (tertiary/aromatic N) is 4. The second-order valence-electron chi connectivity index (χ2n) is 6.95. The number of urea groups is 1. The first-order valence-electron chi connectivity index (χ1n) is 8.46. The molecule has 6 heteroatoms. The predicted octanol–water partition coefficient (Wildman–Crippen LogP) is 3.25. The van der Waals surface area contributed by atoms with Gasteiger partial charge < -0.3 is 4.90 Å². The molecule has 2 atom stereocenters. The van der Waals surface area contributed by atoms with Crippen molar-refractivity contribution in [2.45, 2.75) is 45.2 Å². The second-order valence-corrected chi connectivity index (χ2v) is 6.95. The van der Waals surface area contributed by atoms with E-state index in [-0.39, 0.29) is 6.03 Å². The minimum atomic E-state index is -0.0374. The summed E-state index contributed by atoms with van der Waals surface area (Å²) in [4.78, 5) is 18.9. The highest BCUT2D eigenvalue weighted by atomic mass is 16.2. The lowest BCUT2D eigenvalue weighted by molar-refractivity contribution is -0.00603. The number of aromatic nitrogens is 3. The van der Waals surface area contributed by atoms with Crippen molar-refractivity contribution in [1.29, 1.82) is 0 Å². The zero-order valence-electron chi connectivity index (χ0n) is 13.9. The molecule has 4 rings (SSSR count). The van der Waals surface area contributed by atoms with Gasteiger partial charge in [0.2, 0.25) is 0 Å². The molecule has 2 aliphatic heterocycles. The first kappa shape index (κ1) is 15.1. The molecule has 1 N–H and O–H groups in total. The highest BCUT2D eigenvalue weighted by Crippen LogP contribution is 2.41. The van der Waals surface area contributed by atoms with Crippen molar-refractivity contribution < 1.29 is 4.79 Å². The van der Waals surface area contributed by atoms with Gasteiger partial charge in [0.15, 0.2) is 0 Å². The van der Waals surface area contributed by atoms with E-state index < -0.39 is 0 Å². The lowest BCUT2D eigenvalue weighted by Gasteiger charge is -2.54. The summed E-state index contributed by atoms with van der Waals surface area (Å²) < 4.78 is 0. The Morgan fingerprint density at radius 1 is 1.29 bits per heavy atom. The SMILES string of the molecule is Cc1cnc(NC(=O)N2C3CC(C)CC2C3)cc1-c1cccnn1. The van der Waals surface area contributed by atoms with Crippen LogP contribution >= 0.6 is 0 Å². The van der Waals surface area contributed by atoms with E-state index in [1.165, 1.54) is 0 Å². The maximum atomic E-state index is 12.6. The van der Waals surface area contributed by atoms with E-state index in [0.717, 1.165) is 42.0 Å². The van der Waals surface area contributed by atoms with Crippen LogP contribution in [0, 0.1) is 12.8 Å². The Morgan fingerprint density at radius 3 is 2.79 bits per heavy atom. The van der Waals surface area contributed by atoms with Gasteiger partial charge in [-0.25, -0.2) is 9.78 Å². The lowest BCUT2D eigenvalue weighted by atomic mass is 9.74. The number of hydrogen-bond donors (Lipinski definition) is 1. The third-order valence-corrected chi connectivity index (χ3v) is 5.10. The van der Waals surface area contributed by atoms with Gasteiger partial charge in [-0.15, -0.1) is 0 Å². The molecule has 0 spiro atoms. The maximum absolute atomic E-state index is 12.6. The Morgan fingerprint density at radius 2 is 2.08 bits per heavy atom. The van der Waals surface area contributed by atoms with Gasteiger partial charge in [0, 0.05) is 30.0 Å². The summed E-state index contributed by atoms with van der Waals surface area (Å²) in [5, 5.41) is 11.0. The highest BCUT2D eigenvalue weighted by Gasteiger charge is 2.46. The zero-order valence-corrected chi connectivity index (χ0v) is 13.9. The molecule has 2 bridgehead atoms. The quantitative estimate of drug-likeness (QED) is 0.921. The molecule has 0 aliphatic carbocycles. The average molecular weight is 323 g/mol. The molecule has 0 saturated carbocycles. The molecule has 0 aromatic carbocycles. The molecule has 4 heterocycles. The lowest BCUT2D eigenvalue weighted by Crippen LogP contribution is -2.63. The number of piperidine rings is 1. The van der Waals surface area contributed by atoms with Crippen LogP contribution in [0.3, 0.4) is 0 Å².